The first-order chi connectivity index (χ1) is 11.5. The summed E-state index contributed by atoms with van der Waals surface area (Å²) in [5.41, 5.74) is 1.72. The van der Waals surface area contributed by atoms with Crippen LogP contribution in [-0.2, 0) is 16.4 Å². The van der Waals surface area contributed by atoms with Gasteiger partial charge in [-0.05, 0) is 54.8 Å². The number of unbranched alkanes of at least 4 members (excludes halogenated alkanes) is 1. The first-order valence-corrected chi connectivity index (χ1v) is 9.47. The molecule has 0 spiro atoms. The average Bonchev–Trinajstić information content (AvgIpc) is 2.62. The Morgan fingerprint density at radius 3 is 2.38 bits per heavy atom. The molecule has 0 fully saturated rings. The van der Waals surface area contributed by atoms with Crippen molar-refractivity contribution in [2.75, 3.05) is 10.8 Å². The lowest BCUT2D eigenvalue weighted by Gasteiger charge is -2.25. The maximum Gasteiger partial charge on any atom is 0.264 e. The van der Waals surface area contributed by atoms with Gasteiger partial charge in [0.1, 0.15) is 0 Å². The highest BCUT2D eigenvalue weighted by molar-refractivity contribution is 7.92. The van der Waals surface area contributed by atoms with Crippen molar-refractivity contribution in [1.29, 1.82) is 0 Å². The highest BCUT2D eigenvalue weighted by Gasteiger charge is 2.24. The molecule has 0 heterocycles. The van der Waals surface area contributed by atoms with Crippen LogP contribution >= 0.6 is 0 Å². The summed E-state index contributed by atoms with van der Waals surface area (Å²) in [6.45, 7) is 4.44. The van der Waals surface area contributed by atoms with E-state index in [-0.39, 0.29) is 10.6 Å². The summed E-state index contributed by atoms with van der Waals surface area (Å²) in [4.78, 5) is 3.73. The standard InChI is InChI=1S/C18H22FNO3S/c1-3-5-13-20(16-8-6-7-15(4-2)14-16)24(21,22)18-11-9-17(23-19)10-12-18/h6-12,14H,3-5,13H2,1-2H3. The van der Waals surface area contributed by atoms with Gasteiger partial charge in [-0.2, -0.15) is 0 Å². The molecule has 130 valence electrons. The van der Waals surface area contributed by atoms with Gasteiger partial charge < -0.3 is 0 Å². The van der Waals surface area contributed by atoms with Crippen LogP contribution in [0.3, 0.4) is 0 Å². The molecule has 0 N–H and O–H groups in total. The average molecular weight is 351 g/mol. The Morgan fingerprint density at radius 1 is 1.08 bits per heavy atom. The molecule has 0 atom stereocenters. The molecule has 0 aromatic heterocycles. The number of hydrogen-bond acceptors (Lipinski definition) is 3. The van der Waals surface area contributed by atoms with Crippen molar-refractivity contribution in [2.24, 2.45) is 0 Å². The van der Waals surface area contributed by atoms with Crippen LogP contribution in [0.4, 0.5) is 10.2 Å². The number of sulfonamides is 1. The minimum Gasteiger partial charge on any atom is -0.294 e. The van der Waals surface area contributed by atoms with E-state index in [2.05, 4.69) is 4.94 Å². The van der Waals surface area contributed by atoms with E-state index < -0.39 is 10.0 Å². The minimum absolute atomic E-state index is 0.0259. The van der Waals surface area contributed by atoms with E-state index in [1.54, 1.807) is 6.07 Å². The molecule has 0 amide bonds. The number of benzene rings is 2. The SMILES string of the molecule is CCCCN(c1cccc(CC)c1)S(=O)(=O)c1ccc(OF)cc1. The van der Waals surface area contributed by atoms with Gasteiger partial charge in [0.15, 0.2) is 5.75 Å². The lowest BCUT2D eigenvalue weighted by Crippen LogP contribution is -2.32. The van der Waals surface area contributed by atoms with Gasteiger partial charge in [0.2, 0.25) is 0 Å². The van der Waals surface area contributed by atoms with Crippen LogP contribution in [0.25, 0.3) is 0 Å². The van der Waals surface area contributed by atoms with Crippen LogP contribution in [-0.4, -0.2) is 15.0 Å². The minimum atomic E-state index is -3.72. The normalized spacial score (nSPS) is 11.3. The molecule has 0 aliphatic carbocycles. The molecule has 2 rings (SSSR count). The summed E-state index contributed by atoms with van der Waals surface area (Å²) in [7, 11) is -3.72. The number of anilines is 1. The third-order valence-electron chi connectivity index (χ3n) is 3.82. The number of hydrogen-bond donors (Lipinski definition) is 0. The second kappa shape index (κ2) is 8.15. The van der Waals surface area contributed by atoms with Gasteiger partial charge >= 0.3 is 0 Å². The zero-order valence-corrected chi connectivity index (χ0v) is 14.7. The molecule has 0 saturated carbocycles. The lowest BCUT2D eigenvalue weighted by atomic mass is 10.1. The largest absolute Gasteiger partial charge is 0.294 e. The topological polar surface area (TPSA) is 46.6 Å². The second-order valence-electron chi connectivity index (χ2n) is 5.50. The fourth-order valence-corrected chi connectivity index (χ4v) is 3.91. The highest BCUT2D eigenvalue weighted by atomic mass is 32.2. The molecule has 4 nitrogen and oxygen atoms in total. The Labute approximate surface area is 142 Å². The predicted octanol–water partition coefficient (Wildman–Crippen LogP) is 4.51. The Bertz CT molecular complexity index is 760. The molecule has 0 aliphatic heterocycles. The second-order valence-corrected chi connectivity index (χ2v) is 7.37. The van der Waals surface area contributed by atoms with Crippen LogP contribution in [0.15, 0.2) is 53.4 Å². The van der Waals surface area contributed by atoms with E-state index in [0.29, 0.717) is 12.2 Å². The van der Waals surface area contributed by atoms with Gasteiger partial charge in [0, 0.05) is 11.1 Å². The summed E-state index contributed by atoms with van der Waals surface area (Å²) in [6.07, 6.45) is 2.47. The van der Waals surface area contributed by atoms with Crippen molar-refractivity contribution in [2.45, 2.75) is 38.0 Å². The van der Waals surface area contributed by atoms with E-state index >= 15 is 0 Å². The highest BCUT2D eigenvalue weighted by Crippen LogP contribution is 2.26. The van der Waals surface area contributed by atoms with E-state index in [0.717, 1.165) is 24.8 Å². The summed E-state index contributed by atoms with van der Waals surface area (Å²) in [5, 5.41) is 0. The van der Waals surface area contributed by atoms with Crippen LogP contribution < -0.4 is 9.25 Å². The van der Waals surface area contributed by atoms with Gasteiger partial charge in [-0.3, -0.25) is 9.25 Å². The zero-order valence-electron chi connectivity index (χ0n) is 13.9. The molecular formula is C18H22FNO3S. The van der Waals surface area contributed by atoms with Crippen molar-refractivity contribution in [3.05, 3.63) is 54.1 Å². The zero-order chi connectivity index (χ0) is 17.6. The monoisotopic (exact) mass is 351 g/mol. The summed E-state index contributed by atoms with van der Waals surface area (Å²) in [6, 6.07) is 12.8. The molecular weight excluding hydrogens is 329 g/mol. The molecule has 2 aromatic carbocycles. The first kappa shape index (κ1) is 18.3. The maximum atomic E-state index is 13.0. The number of rotatable bonds is 8. The van der Waals surface area contributed by atoms with E-state index in [1.807, 2.05) is 32.0 Å². The van der Waals surface area contributed by atoms with Crippen molar-refractivity contribution >= 4 is 15.7 Å². The first-order valence-electron chi connectivity index (χ1n) is 8.03. The summed E-state index contributed by atoms with van der Waals surface area (Å²) < 4.78 is 39.6. The Balaban J connectivity index is 2.44. The number of nitrogens with zero attached hydrogens (tertiary/aromatic N) is 1. The molecule has 6 heteroatoms. The van der Waals surface area contributed by atoms with E-state index in [9.17, 15) is 12.9 Å². The van der Waals surface area contributed by atoms with Crippen LogP contribution in [0, 0.1) is 0 Å². The lowest BCUT2D eigenvalue weighted by molar-refractivity contribution is -0.00626. The van der Waals surface area contributed by atoms with Crippen molar-refractivity contribution < 1.29 is 17.9 Å². The molecule has 0 saturated heterocycles. The molecule has 2 aromatic rings. The molecule has 0 bridgehead atoms. The van der Waals surface area contributed by atoms with Crippen LogP contribution in [0.5, 0.6) is 5.75 Å². The number of aryl methyl sites for hydroxylation is 1. The van der Waals surface area contributed by atoms with Crippen molar-refractivity contribution in [3.63, 3.8) is 0 Å². The third kappa shape index (κ3) is 4.06. The third-order valence-corrected chi connectivity index (χ3v) is 5.66. The summed E-state index contributed by atoms with van der Waals surface area (Å²) in [5.74, 6) is -0.0259. The van der Waals surface area contributed by atoms with Gasteiger partial charge in [-0.25, -0.2) is 8.42 Å². The van der Waals surface area contributed by atoms with Crippen LogP contribution in [0.2, 0.25) is 0 Å². The molecule has 0 aliphatic rings. The summed E-state index contributed by atoms with van der Waals surface area (Å²) >= 11 is 0. The van der Waals surface area contributed by atoms with Crippen LogP contribution in [0.1, 0.15) is 32.3 Å². The Kier molecular flexibility index (Phi) is 6.20. The molecule has 0 radical (unpaired) electrons. The Hall–Kier alpha value is -2.08. The number of halogens is 1. The fraction of sp³-hybridized carbons (Fsp3) is 0.333. The smallest absolute Gasteiger partial charge is 0.264 e. The van der Waals surface area contributed by atoms with Gasteiger partial charge in [0.05, 0.1) is 10.6 Å². The quantitative estimate of drug-likeness (QED) is 0.703. The molecule has 24 heavy (non-hydrogen) atoms. The molecule has 0 unspecified atom stereocenters. The van der Waals surface area contributed by atoms with Crippen molar-refractivity contribution in [1.82, 2.24) is 0 Å². The Morgan fingerprint density at radius 2 is 1.79 bits per heavy atom. The van der Waals surface area contributed by atoms with Gasteiger partial charge in [-0.15, -0.1) is 0 Å². The predicted molar refractivity (Wildman–Crippen MR) is 93.4 cm³/mol. The van der Waals surface area contributed by atoms with Crippen molar-refractivity contribution in [3.8, 4) is 5.75 Å². The maximum absolute atomic E-state index is 13.0. The van der Waals surface area contributed by atoms with E-state index in [4.69, 9.17) is 0 Å². The van der Waals surface area contributed by atoms with E-state index in [1.165, 1.54) is 28.6 Å². The van der Waals surface area contributed by atoms with Gasteiger partial charge in [-0.1, -0.05) is 32.4 Å². The van der Waals surface area contributed by atoms with Gasteiger partial charge in [0.25, 0.3) is 10.0 Å². The fourth-order valence-electron chi connectivity index (χ4n) is 2.41.